The van der Waals surface area contributed by atoms with Gasteiger partial charge in [-0.3, -0.25) is 9.69 Å². The van der Waals surface area contributed by atoms with Gasteiger partial charge in [0.2, 0.25) is 5.91 Å². The minimum absolute atomic E-state index is 0.0787. The molecule has 0 bridgehead atoms. The number of benzene rings is 1. The van der Waals surface area contributed by atoms with Crippen LogP contribution in [-0.2, 0) is 4.79 Å². The van der Waals surface area contributed by atoms with E-state index in [9.17, 15) is 4.79 Å². The van der Waals surface area contributed by atoms with Crippen molar-refractivity contribution >= 4 is 34.8 Å². The fourth-order valence-electron chi connectivity index (χ4n) is 2.33. The Morgan fingerprint density at radius 2 is 2.15 bits per heavy atom. The summed E-state index contributed by atoms with van der Waals surface area (Å²) in [5.41, 5.74) is 6.42. The van der Waals surface area contributed by atoms with E-state index in [0.29, 0.717) is 34.7 Å². The summed E-state index contributed by atoms with van der Waals surface area (Å²) in [7, 11) is 1.93. The topological polar surface area (TPSA) is 58.4 Å². The Kier molecular flexibility index (Phi) is 5.27. The van der Waals surface area contributed by atoms with Crippen LogP contribution in [0.3, 0.4) is 0 Å². The van der Waals surface area contributed by atoms with Crippen molar-refractivity contribution in [2.45, 2.75) is 18.9 Å². The lowest BCUT2D eigenvalue weighted by Crippen LogP contribution is -2.43. The second-order valence-electron chi connectivity index (χ2n) is 5.23. The van der Waals surface area contributed by atoms with Crippen LogP contribution in [0.5, 0.6) is 0 Å². The van der Waals surface area contributed by atoms with Crippen molar-refractivity contribution in [1.29, 1.82) is 0 Å². The third-order valence-corrected chi connectivity index (χ3v) is 4.31. The van der Waals surface area contributed by atoms with Crippen LogP contribution >= 0.6 is 23.2 Å². The van der Waals surface area contributed by atoms with Gasteiger partial charge in [0.05, 0.1) is 16.6 Å². The van der Waals surface area contributed by atoms with Crippen molar-refractivity contribution < 1.29 is 4.79 Å². The number of halogens is 2. The summed E-state index contributed by atoms with van der Waals surface area (Å²) < 4.78 is 0. The van der Waals surface area contributed by atoms with Gasteiger partial charge in [0, 0.05) is 18.3 Å². The highest BCUT2D eigenvalue weighted by Gasteiger charge is 2.33. The minimum atomic E-state index is -0.0787. The summed E-state index contributed by atoms with van der Waals surface area (Å²) in [5.74, 6) is 0.563. The molecule has 0 spiro atoms. The standard InChI is InChI=1S/C14H19Cl2N3O/c1-19(13(7-17)9-2-3-9)8-14(20)18-10-4-5-11(15)12(16)6-10/h4-6,9,13H,2-3,7-8,17H2,1H3,(H,18,20). The number of nitrogens with one attached hydrogen (secondary N) is 1. The van der Waals surface area contributed by atoms with E-state index in [2.05, 4.69) is 5.32 Å². The maximum atomic E-state index is 12.0. The van der Waals surface area contributed by atoms with E-state index in [-0.39, 0.29) is 11.9 Å². The van der Waals surface area contributed by atoms with Gasteiger partial charge in [-0.1, -0.05) is 23.2 Å². The average Bonchev–Trinajstić information content (AvgIpc) is 3.19. The second kappa shape index (κ2) is 6.76. The van der Waals surface area contributed by atoms with Gasteiger partial charge in [0.15, 0.2) is 0 Å². The first-order valence-electron chi connectivity index (χ1n) is 6.66. The summed E-state index contributed by atoms with van der Waals surface area (Å²) in [6, 6.07) is 5.32. The maximum absolute atomic E-state index is 12.0. The van der Waals surface area contributed by atoms with Crippen molar-refractivity contribution in [3.05, 3.63) is 28.2 Å². The Bertz CT molecular complexity index is 491. The molecule has 1 aromatic rings. The Morgan fingerprint density at radius 3 is 2.70 bits per heavy atom. The quantitative estimate of drug-likeness (QED) is 0.848. The summed E-state index contributed by atoms with van der Waals surface area (Å²) in [4.78, 5) is 14.0. The van der Waals surface area contributed by atoms with Crippen molar-refractivity contribution in [2.24, 2.45) is 11.7 Å². The summed E-state index contributed by atoms with van der Waals surface area (Å²) in [5, 5.41) is 3.71. The summed E-state index contributed by atoms with van der Waals surface area (Å²) >= 11 is 11.8. The maximum Gasteiger partial charge on any atom is 0.238 e. The average molecular weight is 316 g/mol. The molecule has 0 saturated heterocycles. The molecular weight excluding hydrogens is 297 g/mol. The Hall–Kier alpha value is -0.810. The van der Waals surface area contributed by atoms with Crippen molar-refractivity contribution in [2.75, 3.05) is 25.5 Å². The normalized spacial score (nSPS) is 16.2. The van der Waals surface area contributed by atoms with Gasteiger partial charge in [-0.05, 0) is 44.0 Å². The monoisotopic (exact) mass is 315 g/mol. The molecule has 1 saturated carbocycles. The molecule has 4 nitrogen and oxygen atoms in total. The lowest BCUT2D eigenvalue weighted by Gasteiger charge is -2.26. The molecule has 0 aromatic heterocycles. The van der Waals surface area contributed by atoms with E-state index in [1.165, 1.54) is 12.8 Å². The predicted octanol–water partition coefficient (Wildman–Crippen LogP) is 2.60. The van der Waals surface area contributed by atoms with E-state index >= 15 is 0 Å². The number of nitrogens with zero attached hydrogens (tertiary/aromatic N) is 1. The molecule has 1 amide bonds. The highest BCUT2D eigenvalue weighted by molar-refractivity contribution is 6.42. The van der Waals surface area contributed by atoms with Crippen molar-refractivity contribution in [3.8, 4) is 0 Å². The molecule has 2 rings (SSSR count). The zero-order valence-electron chi connectivity index (χ0n) is 11.4. The number of hydrogen-bond acceptors (Lipinski definition) is 3. The largest absolute Gasteiger partial charge is 0.329 e. The minimum Gasteiger partial charge on any atom is -0.329 e. The number of rotatable bonds is 6. The first kappa shape index (κ1) is 15.6. The van der Waals surface area contributed by atoms with Crippen LogP contribution in [0.15, 0.2) is 18.2 Å². The van der Waals surface area contributed by atoms with E-state index in [4.69, 9.17) is 28.9 Å². The van der Waals surface area contributed by atoms with Crippen LogP contribution in [-0.4, -0.2) is 37.0 Å². The molecular formula is C14H19Cl2N3O. The molecule has 1 aliphatic carbocycles. The third-order valence-electron chi connectivity index (χ3n) is 3.57. The van der Waals surface area contributed by atoms with Gasteiger partial charge in [-0.2, -0.15) is 0 Å². The lowest BCUT2D eigenvalue weighted by molar-refractivity contribution is -0.117. The summed E-state index contributed by atoms with van der Waals surface area (Å²) in [6.07, 6.45) is 2.42. The predicted molar refractivity (Wildman–Crippen MR) is 83.3 cm³/mol. The van der Waals surface area contributed by atoms with E-state index < -0.39 is 0 Å². The number of amides is 1. The zero-order chi connectivity index (χ0) is 14.7. The molecule has 20 heavy (non-hydrogen) atoms. The molecule has 1 atom stereocenters. The molecule has 1 aromatic carbocycles. The SMILES string of the molecule is CN(CC(=O)Nc1ccc(Cl)c(Cl)c1)C(CN)C1CC1. The Morgan fingerprint density at radius 1 is 1.45 bits per heavy atom. The molecule has 0 heterocycles. The van der Waals surface area contributed by atoms with Crippen LogP contribution in [0, 0.1) is 5.92 Å². The number of carbonyl (C=O) groups excluding carboxylic acids is 1. The molecule has 0 radical (unpaired) electrons. The number of likely N-dealkylation sites (N-methyl/N-ethyl adjacent to an activating group) is 1. The highest BCUT2D eigenvalue weighted by atomic mass is 35.5. The molecule has 1 fully saturated rings. The van der Waals surface area contributed by atoms with Crippen LogP contribution in [0.4, 0.5) is 5.69 Å². The van der Waals surface area contributed by atoms with Crippen molar-refractivity contribution in [1.82, 2.24) is 4.90 Å². The van der Waals surface area contributed by atoms with E-state index in [0.717, 1.165) is 0 Å². The van der Waals surface area contributed by atoms with Gasteiger partial charge >= 0.3 is 0 Å². The van der Waals surface area contributed by atoms with Crippen molar-refractivity contribution in [3.63, 3.8) is 0 Å². The van der Waals surface area contributed by atoms with Gasteiger partial charge in [0.25, 0.3) is 0 Å². The fraction of sp³-hybridized carbons (Fsp3) is 0.500. The molecule has 1 unspecified atom stereocenters. The van der Waals surface area contributed by atoms with E-state index in [1.807, 2.05) is 11.9 Å². The van der Waals surface area contributed by atoms with Gasteiger partial charge in [-0.15, -0.1) is 0 Å². The summed E-state index contributed by atoms with van der Waals surface area (Å²) in [6.45, 7) is 0.903. The Balaban J connectivity index is 1.89. The Labute approximate surface area is 129 Å². The van der Waals surface area contributed by atoms with Gasteiger partial charge in [0.1, 0.15) is 0 Å². The lowest BCUT2D eigenvalue weighted by atomic mass is 10.1. The van der Waals surface area contributed by atoms with Crippen LogP contribution < -0.4 is 11.1 Å². The number of nitrogens with two attached hydrogens (primary N) is 1. The molecule has 1 aliphatic rings. The van der Waals surface area contributed by atoms with Crippen LogP contribution in [0.25, 0.3) is 0 Å². The highest BCUT2D eigenvalue weighted by Crippen LogP contribution is 2.34. The number of carbonyl (C=O) groups is 1. The number of hydrogen-bond donors (Lipinski definition) is 2. The first-order chi connectivity index (χ1) is 9.51. The molecule has 3 N–H and O–H groups in total. The molecule has 110 valence electrons. The first-order valence-corrected chi connectivity index (χ1v) is 7.42. The second-order valence-corrected chi connectivity index (χ2v) is 6.05. The third kappa shape index (κ3) is 4.09. The van der Waals surface area contributed by atoms with Gasteiger partial charge < -0.3 is 11.1 Å². The van der Waals surface area contributed by atoms with Crippen LogP contribution in [0.1, 0.15) is 12.8 Å². The molecule has 6 heteroatoms. The zero-order valence-corrected chi connectivity index (χ0v) is 12.9. The van der Waals surface area contributed by atoms with E-state index in [1.54, 1.807) is 18.2 Å². The molecule has 0 aliphatic heterocycles. The van der Waals surface area contributed by atoms with Gasteiger partial charge in [-0.25, -0.2) is 0 Å². The van der Waals surface area contributed by atoms with Crippen LogP contribution in [0.2, 0.25) is 10.0 Å². The number of anilines is 1. The fourth-order valence-corrected chi connectivity index (χ4v) is 2.63. The smallest absolute Gasteiger partial charge is 0.238 e.